The molecule has 0 radical (unpaired) electrons. The maximum absolute atomic E-state index is 12.9. The van der Waals surface area contributed by atoms with Crippen LogP contribution in [0.1, 0.15) is 22.3 Å². The van der Waals surface area contributed by atoms with Gasteiger partial charge in [0, 0.05) is 24.8 Å². The average molecular weight is 547 g/mol. The van der Waals surface area contributed by atoms with Gasteiger partial charge >= 0.3 is 28.3 Å². The van der Waals surface area contributed by atoms with Crippen molar-refractivity contribution in [2.24, 2.45) is 20.4 Å². The van der Waals surface area contributed by atoms with E-state index in [4.69, 9.17) is 10.2 Å². The molecule has 0 unspecified atom stereocenters. The Morgan fingerprint density at radius 2 is 1.00 bits per heavy atom. The van der Waals surface area contributed by atoms with Crippen molar-refractivity contribution >= 4 is 24.2 Å². The van der Waals surface area contributed by atoms with E-state index in [0.29, 0.717) is 22.3 Å². The van der Waals surface area contributed by atoms with Gasteiger partial charge in [0.15, 0.2) is 0 Å². The van der Waals surface area contributed by atoms with Crippen molar-refractivity contribution in [1.82, 2.24) is 9.97 Å². The molecule has 2 aromatic heterocycles. The summed E-state index contributed by atoms with van der Waals surface area (Å²) in [5, 5.41) is 30.2. The molecule has 0 spiro atoms. The molecular formula is C26H22F2N6NiO2+4. The normalized spacial score (nSPS) is 11.6. The summed E-state index contributed by atoms with van der Waals surface area (Å²) in [5.74, 6) is -0.596. The molecule has 0 saturated heterocycles. The van der Waals surface area contributed by atoms with Crippen molar-refractivity contribution in [3.05, 3.63) is 131 Å². The van der Waals surface area contributed by atoms with E-state index in [9.17, 15) is 8.78 Å². The van der Waals surface area contributed by atoms with E-state index in [1.54, 1.807) is 73.3 Å². The predicted molar refractivity (Wildman–Crippen MR) is 137 cm³/mol. The Balaban J connectivity index is 0.000000253. The SMILES string of the molecule is [Ni+2].[OH2+]C(=NN=Cc1cccc(F)c1)c1ccncc1.[OH2+]C(=NN=Cc1cccc(F)c1)c1ccncc1. The second-order valence-electron chi connectivity index (χ2n) is 6.97. The van der Waals surface area contributed by atoms with Crippen LogP contribution in [0.25, 0.3) is 0 Å². The van der Waals surface area contributed by atoms with Crippen LogP contribution in [0.5, 0.6) is 0 Å². The van der Waals surface area contributed by atoms with Gasteiger partial charge in [0.05, 0.1) is 23.6 Å². The second-order valence-corrected chi connectivity index (χ2v) is 6.97. The predicted octanol–water partition coefficient (Wildman–Crippen LogP) is 3.45. The Morgan fingerprint density at radius 3 is 1.35 bits per heavy atom. The third-order valence-corrected chi connectivity index (χ3v) is 4.33. The summed E-state index contributed by atoms with van der Waals surface area (Å²) in [6.07, 6.45) is 9.12. The Bertz CT molecular complexity index is 1280. The van der Waals surface area contributed by atoms with Gasteiger partial charge in [-0.3, -0.25) is 9.97 Å². The molecule has 0 saturated carbocycles. The number of hydrogen-bond acceptors (Lipinski definition) is 6. The molecule has 2 heterocycles. The number of hydrogen-bond donors (Lipinski definition) is 0. The Kier molecular flexibility index (Phi) is 11.9. The Morgan fingerprint density at radius 1 is 0.622 bits per heavy atom. The summed E-state index contributed by atoms with van der Waals surface area (Å²) in [6, 6.07) is 18.7. The number of aromatic nitrogens is 2. The molecule has 4 N–H and O–H groups in total. The summed E-state index contributed by atoms with van der Waals surface area (Å²) in [6.45, 7) is 0. The van der Waals surface area contributed by atoms with E-state index in [-0.39, 0.29) is 39.9 Å². The topological polar surface area (TPSA) is 121 Å². The number of nitrogens with zero attached hydrogens (tertiary/aromatic N) is 6. The number of rotatable bonds is 6. The van der Waals surface area contributed by atoms with Crippen molar-refractivity contribution in [3.63, 3.8) is 0 Å². The molecule has 0 aliphatic rings. The van der Waals surface area contributed by atoms with Gasteiger partial charge in [-0.05, 0) is 59.7 Å². The molecule has 11 heteroatoms. The first-order chi connectivity index (χ1) is 17.5. The number of pyridine rings is 2. The molecule has 0 aliphatic carbocycles. The van der Waals surface area contributed by atoms with Gasteiger partial charge in [0.1, 0.15) is 11.6 Å². The maximum Gasteiger partial charge on any atom is 2.00 e. The standard InChI is InChI=1S/2C13H10FN3O.Ni/c2*14-12-3-1-2-10(8-12)9-16-17-13(18)11-4-6-15-7-5-11;/h2*1-9H,(H,17,18);/q;;+2/p+2. The molecule has 0 atom stereocenters. The van der Waals surface area contributed by atoms with E-state index in [2.05, 4.69) is 30.4 Å². The van der Waals surface area contributed by atoms with Gasteiger partial charge in [-0.25, -0.2) is 8.78 Å². The summed E-state index contributed by atoms with van der Waals surface area (Å²) >= 11 is 0. The first-order valence-corrected chi connectivity index (χ1v) is 10.5. The minimum Gasteiger partial charge on any atom is -0.577 e. The van der Waals surface area contributed by atoms with Crippen LogP contribution in [0.4, 0.5) is 8.78 Å². The van der Waals surface area contributed by atoms with Gasteiger partial charge in [-0.1, -0.05) is 34.5 Å². The molecule has 2 aromatic carbocycles. The molecule has 4 aromatic rings. The number of benzene rings is 2. The summed E-state index contributed by atoms with van der Waals surface area (Å²) < 4.78 is 25.8. The maximum atomic E-state index is 12.9. The van der Waals surface area contributed by atoms with E-state index in [0.717, 1.165) is 0 Å². The fraction of sp³-hybridized carbons (Fsp3) is 0. The van der Waals surface area contributed by atoms with Crippen molar-refractivity contribution in [1.29, 1.82) is 0 Å². The molecular weight excluding hydrogens is 525 g/mol. The van der Waals surface area contributed by atoms with Crippen LogP contribution in [-0.4, -0.2) is 44.4 Å². The average Bonchev–Trinajstić information content (AvgIpc) is 2.90. The zero-order chi connectivity index (χ0) is 25.6. The monoisotopic (exact) mass is 546 g/mol. The third-order valence-electron chi connectivity index (χ3n) is 4.33. The van der Waals surface area contributed by atoms with Crippen LogP contribution in [0, 0.1) is 11.6 Å². The largest absolute Gasteiger partial charge is 2.00 e. The molecule has 4 rings (SSSR count). The minimum absolute atomic E-state index is 0. The fourth-order valence-electron chi connectivity index (χ4n) is 2.62. The summed E-state index contributed by atoms with van der Waals surface area (Å²) in [7, 11) is 0. The van der Waals surface area contributed by atoms with Crippen molar-refractivity contribution in [3.8, 4) is 0 Å². The van der Waals surface area contributed by atoms with Gasteiger partial charge in [0.2, 0.25) is 0 Å². The van der Waals surface area contributed by atoms with Crippen LogP contribution in [0.2, 0.25) is 0 Å². The first-order valence-electron chi connectivity index (χ1n) is 10.5. The Labute approximate surface area is 221 Å². The van der Waals surface area contributed by atoms with Crippen LogP contribution < -0.4 is 0 Å². The smallest absolute Gasteiger partial charge is 0.577 e. The second kappa shape index (κ2) is 15.4. The summed E-state index contributed by atoms with van der Waals surface area (Å²) in [4.78, 5) is 7.69. The zero-order valence-corrected chi connectivity index (χ0v) is 20.1. The molecule has 37 heavy (non-hydrogen) atoms. The first kappa shape index (κ1) is 28.6. The van der Waals surface area contributed by atoms with Gasteiger partial charge in [0.25, 0.3) is 0 Å². The van der Waals surface area contributed by atoms with E-state index in [1.165, 1.54) is 36.7 Å². The van der Waals surface area contributed by atoms with E-state index in [1.807, 2.05) is 0 Å². The van der Waals surface area contributed by atoms with Crippen LogP contribution in [0.15, 0.2) is 118 Å². The van der Waals surface area contributed by atoms with Gasteiger partial charge < -0.3 is 10.2 Å². The van der Waals surface area contributed by atoms with Crippen LogP contribution in [-0.2, 0) is 16.5 Å². The van der Waals surface area contributed by atoms with Gasteiger partial charge in [-0.2, -0.15) is 10.2 Å². The third kappa shape index (κ3) is 10.3. The fourth-order valence-corrected chi connectivity index (χ4v) is 2.62. The molecule has 8 nitrogen and oxygen atoms in total. The van der Waals surface area contributed by atoms with Crippen LogP contribution in [0.3, 0.4) is 0 Å². The van der Waals surface area contributed by atoms with Crippen molar-refractivity contribution in [2.75, 3.05) is 0 Å². The van der Waals surface area contributed by atoms with E-state index >= 15 is 0 Å². The Hall–Kier alpha value is -4.63. The molecule has 0 aliphatic heterocycles. The minimum atomic E-state index is -0.330. The van der Waals surface area contributed by atoms with E-state index < -0.39 is 0 Å². The van der Waals surface area contributed by atoms with Gasteiger partial charge in [-0.15, -0.1) is 0 Å². The quantitative estimate of drug-likeness (QED) is 0.121. The molecule has 0 fully saturated rings. The molecule has 0 amide bonds. The molecule has 188 valence electrons. The zero-order valence-electron chi connectivity index (χ0n) is 19.1. The van der Waals surface area contributed by atoms with Crippen molar-refractivity contribution in [2.45, 2.75) is 0 Å². The van der Waals surface area contributed by atoms with Crippen molar-refractivity contribution < 1.29 is 35.5 Å². The van der Waals surface area contributed by atoms with Crippen LogP contribution >= 0.6 is 0 Å². The summed E-state index contributed by atoms with van der Waals surface area (Å²) in [5.41, 5.74) is 2.45. The molecule has 0 bridgehead atoms. The number of halogens is 2.